The van der Waals surface area contributed by atoms with Crippen LogP contribution in [-0.2, 0) is 9.09 Å². The fourth-order valence-corrected chi connectivity index (χ4v) is 5.91. The van der Waals surface area contributed by atoms with Gasteiger partial charge < -0.3 is 14.7 Å². The second-order valence-electron chi connectivity index (χ2n) is 8.85. The number of benzene rings is 3. The zero-order valence-electron chi connectivity index (χ0n) is 19.8. The Morgan fingerprint density at radius 1 is 0.906 bits per heavy atom. The van der Waals surface area contributed by atoms with Gasteiger partial charge in [-0.3, -0.25) is 4.57 Å². The molecule has 0 unspecified atom stereocenters. The molecule has 3 aromatic carbocycles. The van der Waals surface area contributed by atoms with Crippen LogP contribution in [0.4, 0.5) is 11.4 Å². The van der Waals surface area contributed by atoms with Gasteiger partial charge in [-0.1, -0.05) is 61.9 Å². The van der Waals surface area contributed by atoms with Crippen molar-refractivity contribution in [3.8, 4) is 0 Å². The number of nitrogens with zero attached hydrogens (tertiary/aromatic N) is 1. The Balaban J connectivity index is 2.08. The van der Waals surface area contributed by atoms with Crippen molar-refractivity contribution in [3.05, 3.63) is 90.0 Å². The van der Waals surface area contributed by atoms with Crippen molar-refractivity contribution in [1.82, 2.24) is 0 Å². The lowest BCUT2D eigenvalue weighted by atomic mass is 10.1. The number of rotatable bonds is 10. The van der Waals surface area contributed by atoms with Crippen LogP contribution in [0.1, 0.15) is 37.2 Å². The Kier molecular flexibility index (Phi) is 8.17. The van der Waals surface area contributed by atoms with Crippen LogP contribution < -0.4 is 15.5 Å². The molecule has 2 atom stereocenters. The third kappa shape index (κ3) is 6.03. The average Bonchev–Trinajstić information content (AvgIpc) is 2.78. The van der Waals surface area contributed by atoms with E-state index < -0.39 is 13.2 Å². The summed E-state index contributed by atoms with van der Waals surface area (Å²) >= 11 is 0. The standard InChI is InChI=1S/C27H35N2O2P/c1-21(2)19-20-31-32(30,26-17-15-25(16-18-26)29(4)5)27(23-13-11-22(3)12-14-23)28-24-9-7-6-8-10-24/h6-18,21,27-28H,19-20H2,1-5H3/t27-,32+/m1/s1. The highest BCUT2D eigenvalue weighted by Crippen LogP contribution is 2.59. The molecule has 5 heteroatoms. The molecule has 3 rings (SSSR count). The lowest BCUT2D eigenvalue weighted by Gasteiger charge is -2.30. The van der Waals surface area contributed by atoms with Crippen LogP contribution >= 0.6 is 7.37 Å². The molecular formula is C27H35N2O2P. The molecule has 0 aliphatic carbocycles. The average molecular weight is 451 g/mol. The SMILES string of the molecule is Cc1ccc([C@H](Nc2ccccc2)[P@@](=O)(OCCC(C)C)c2ccc(N(C)C)cc2)cc1. The summed E-state index contributed by atoms with van der Waals surface area (Å²) in [5, 5.41) is 4.25. The van der Waals surface area contributed by atoms with Crippen molar-refractivity contribution >= 4 is 24.0 Å². The van der Waals surface area contributed by atoms with Crippen LogP contribution in [-0.4, -0.2) is 20.7 Å². The van der Waals surface area contributed by atoms with Crippen LogP contribution in [0.3, 0.4) is 0 Å². The van der Waals surface area contributed by atoms with Crippen molar-refractivity contribution in [1.29, 1.82) is 0 Å². The smallest absolute Gasteiger partial charge is 0.258 e. The number of anilines is 2. The first-order valence-corrected chi connectivity index (χ1v) is 12.9. The highest BCUT2D eigenvalue weighted by molar-refractivity contribution is 7.67. The Morgan fingerprint density at radius 2 is 1.53 bits per heavy atom. The van der Waals surface area contributed by atoms with Crippen LogP contribution in [0, 0.1) is 12.8 Å². The Hall–Kier alpha value is -2.55. The van der Waals surface area contributed by atoms with Gasteiger partial charge in [-0.05, 0) is 61.2 Å². The third-order valence-corrected chi connectivity index (χ3v) is 8.21. The van der Waals surface area contributed by atoms with E-state index in [9.17, 15) is 4.57 Å². The molecule has 0 amide bonds. The van der Waals surface area contributed by atoms with Crippen molar-refractivity contribution < 1.29 is 9.09 Å². The largest absolute Gasteiger partial charge is 0.378 e. The van der Waals surface area contributed by atoms with E-state index in [4.69, 9.17) is 4.52 Å². The number of hydrogen-bond acceptors (Lipinski definition) is 4. The van der Waals surface area contributed by atoms with E-state index in [1.165, 1.54) is 0 Å². The summed E-state index contributed by atoms with van der Waals surface area (Å²) in [7, 11) is 0.679. The van der Waals surface area contributed by atoms with E-state index >= 15 is 0 Å². The van der Waals surface area contributed by atoms with Crippen molar-refractivity contribution in [2.45, 2.75) is 33.0 Å². The zero-order chi connectivity index (χ0) is 23.1. The second-order valence-corrected chi connectivity index (χ2v) is 11.3. The van der Waals surface area contributed by atoms with E-state index in [-0.39, 0.29) is 0 Å². The van der Waals surface area contributed by atoms with Gasteiger partial charge in [0.15, 0.2) is 0 Å². The predicted molar refractivity (Wildman–Crippen MR) is 137 cm³/mol. The van der Waals surface area contributed by atoms with Gasteiger partial charge in [0.05, 0.1) is 6.61 Å². The van der Waals surface area contributed by atoms with E-state index in [1.807, 2.05) is 85.7 Å². The first-order chi connectivity index (χ1) is 15.3. The van der Waals surface area contributed by atoms with Crippen LogP contribution in [0.5, 0.6) is 0 Å². The van der Waals surface area contributed by atoms with Crippen LogP contribution in [0.2, 0.25) is 0 Å². The molecule has 0 aliphatic rings. The van der Waals surface area contributed by atoms with Gasteiger partial charge in [0.25, 0.3) is 7.37 Å². The van der Waals surface area contributed by atoms with Gasteiger partial charge in [0, 0.05) is 30.8 Å². The molecule has 0 aliphatic heterocycles. The highest BCUT2D eigenvalue weighted by Gasteiger charge is 2.38. The van der Waals surface area contributed by atoms with Gasteiger partial charge in [-0.25, -0.2) is 0 Å². The summed E-state index contributed by atoms with van der Waals surface area (Å²) in [4.78, 5) is 2.04. The summed E-state index contributed by atoms with van der Waals surface area (Å²) < 4.78 is 21.1. The Morgan fingerprint density at radius 3 is 2.09 bits per heavy atom. The topological polar surface area (TPSA) is 41.6 Å². The molecule has 0 fully saturated rings. The van der Waals surface area contributed by atoms with Gasteiger partial charge in [0.1, 0.15) is 5.78 Å². The Bertz CT molecular complexity index is 1020. The number of para-hydroxylation sites is 1. The van der Waals surface area contributed by atoms with Gasteiger partial charge >= 0.3 is 0 Å². The monoisotopic (exact) mass is 450 g/mol. The van der Waals surface area contributed by atoms with E-state index in [0.717, 1.165) is 34.2 Å². The molecule has 0 heterocycles. The summed E-state index contributed by atoms with van der Waals surface area (Å²) in [5.74, 6) is -0.0256. The fraction of sp³-hybridized carbons (Fsp3) is 0.333. The minimum absolute atomic E-state index is 0.448. The summed E-state index contributed by atoms with van der Waals surface area (Å²) in [5.41, 5.74) is 4.09. The minimum Gasteiger partial charge on any atom is -0.378 e. The van der Waals surface area contributed by atoms with E-state index in [1.54, 1.807) is 0 Å². The Labute approximate surface area is 193 Å². The molecule has 0 saturated heterocycles. The molecule has 32 heavy (non-hydrogen) atoms. The molecule has 0 aromatic heterocycles. The van der Waals surface area contributed by atoms with E-state index in [0.29, 0.717) is 12.5 Å². The van der Waals surface area contributed by atoms with Crippen LogP contribution in [0.15, 0.2) is 78.9 Å². The fourth-order valence-electron chi connectivity index (χ4n) is 3.49. The molecule has 0 bridgehead atoms. The second kappa shape index (κ2) is 10.8. The molecule has 1 N–H and O–H groups in total. The maximum Gasteiger partial charge on any atom is 0.258 e. The molecular weight excluding hydrogens is 415 g/mol. The normalized spacial score (nSPS) is 14.1. The lowest BCUT2D eigenvalue weighted by Crippen LogP contribution is -2.21. The van der Waals surface area contributed by atoms with Crippen LogP contribution in [0.25, 0.3) is 0 Å². The zero-order valence-corrected chi connectivity index (χ0v) is 20.7. The number of aryl methyl sites for hydroxylation is 1. The third-order valence-electron chi connectivity index (χ3n) is 5.51. The first kappa shape index (κ1) is 24.1. The highest BCUT2D eigenvalue weighted by atomic mass is 31.2. The quantitative estimate of drug-likeness (QED) is 0.344. The van der Waals surface area contributed by atoms with Gasteiger partial charge in [0.2, 0.25) is 0 Å². The molecule has 170 valence electrons. The summed E-state index contributed by atoms with van der Waals surface area (Å²) in [6.07, 6.45) is 0.853. The number of nitrogens with one attached hydrogen (secondary N) is 1. The molecule has 0 radical (unpaired) electrons. The van der Waals surface area contributed by atoms with Crippen molar-refractivity contribution in [2.75, 3.05) is 30.9 Å². The molecule has 4 nitrogen and oxygen atoms in total. The predicted octanol–water partition coefficient (Wildman–Crippen LogP) is 6.84. The minimum atomic E-state index is -3.32. The molecule has 0 spiro atoms. The lowest BCUT2D eigenvalue weighted by molar-refractivity contribution is 0.290. The van der Waals surface area contributed by atoms with Gasteiger partial charge in [-0.2, -0.15) is 0 Å². The first-order valence-electron chi connectivity index (χ1n) is 11.2. The van der Waals surface area contributed by atoms with Crippen molar-refractivity contribution in [3.63, 3.8) is 0 Å². The number of hydrogen-bond donors (Lipinski definition) is 1. The van der Waals surface area contributed by atoms with Crippen molar-refractivity contribution in [2.24, 2.45) is 5.92 Å². The summed E-state index contributed by atoms with van der Waals surface area (Å²) in [6.45, 7) is 6.81. The molecule has 0 saturated carbocycles. The maximum absolute atomic E-state index is 14.8. The van der Waals surface area contributed by atoms with Gasteiger partial charge in [-0.15, -0.1) is 0 Å². The van der Waals surface area contributed by atoms with E-state index in [2.05, 4.69) is 38.2 Å². The molecule has 3 aromatic rings. The maximum atomic E-state index is 14.8. The summed E-state index contributed by atoms with van der Waals surface area (Å²) in [6, 6.07) is 26.0.